The second-order valence-electron chi connectivity index (χ2n) is 8.10. The van der Waals surface area contributed by atoms with Gasteiger partial charge in [0, 0.05) is 16.7 Å². The highest BCUT2D eigenvalue weighted by atomic mass is 16.5. The summed E-state index contributed by atoms with van der Waals surface area (Å²) in [6.07, 6.45) is 0. The van der Waals surface area contributed by atoms with Crippen LogP contribution >= 0.6 is 0 Å². The van der Waals surface area contributed by atoms with E-state index in [4.69, 9.17) is 4.74 Å². The average Bonchev–Trinajstić information content (AvgIpc) is 2.80. The van der Waals surface area contributed by atoms with Crippen molar-refractivity contribution < 1.29 is 20.1 Å². The molecule has 0 heterocycles. The number of hydrogen-bond acceptors (Lipinski definition) is 5. The molecule has 4 aromatic carbocycles. The first-order valence-corrected chi connectivity index (χ1v) is 10.7. The lowest BCUT2D eigenvalue weighted by Crippen LogP contribution is -2.14. The van der Waals surface area contributed by atoms with Gasteiger partial charge >= 0.3 is 0 Å². The normalized spacial score (nSPS) is 10.8. The predicted molar refractivity (Wildman–Crippen MR) is 132 cm³/mol. The van der Waals surface area contributed by atoms with Crippen molar-refractivity contribution in [1.82, 2.24) is 0 Å². The Morgan fingerprint density at radius 2 is 1.06 bits per heavy atom. The number of phenols is 3. The Labute approximate surface area is 193 Å². The number of aromatic hydroxyl groups is 3. The summed E-state index contributed by atoms with van der Waals surface area (Å²) in [7, 11) is 0. The first-order valence-electron chi connectivity index (χ1n) is 10.7. The van der Waals surface area contributed by atoms with Crippen LogP contribution in [0.2, 0.25) is 0 Å². The summed E-state index contributed by atoms with van der Waals surface area (Å²) in [6, 6.07) is 21.8. The van der Waals surface area contributed by atoms with Crippen LogP contribution in [0, 0.1) is 27.7 Å². The molecule has 5 heteroatoms. The van der Waals surface area contributed by atoms with Gasteiger partial charge in [-0.05, 0) is 75.7 Å². The molecule has 0 aliphatic carbocycles. The maximum absolute atomic E-state index is 10.4. The molecule has 33 heavy (non-hydrogen) atoms. The van der Waals surface area contributed by atoms with Gasteiger partial charge in [0.25, 0.3) is 0 Å². The minimum Gasteiger partial charge on any atom is -0.508 e. The highest BCUT2D eigenvalue weighted by Gasteiger charge is 2.23. The summed E-state index contributed by atoms with van der Waals surface area (Å²) >= 11 is 0. The van der Waals surface area contributed by atoms with Crippen LogP contribution in [0.3, 0.4) is 0 Å². The third-order valence-electron chi connectivity index (χ3n) is 5.93. The van der Waals surface area contributed by atoms with Crippen LogP contribution in [0.1, 0.15) is 22.3 Å². The third kappa shape index (κ3) is 4.05. The van der Waals surface area contributed by atoms with E-state index < -0.39 is 0 Å². The summed E-state index contributed by atoms with van der Waals surface area (Å²) in [5.74, 6) is 1.67. The SMILES string of the molecule is Cc1ccc(O)c(C)c1Oc1ccccc1N(c1cccc(O)c1C)c1cccc(O)c1C. The van der Waals surface area contributed by atoms with Crippen molar-refractivity contribution in [3.05, 3.63) is 95.1 Å². The topological polar surface area (TPSA) is 73.2 Å². The Morgan fingerprint density at radius 1 is 0.545 bits per heavy atom. The van der Waals surface area contributed by atoms with Crippen LogP contribution in [-0.4, -0.2) is 15.3 Å². The lowest BCUT2D eigenvalue weighted by Gasteiger charge is -2.30. The van der Waals surface area contributed by atoms with Crippen LogP contribution in [0.25, 0.3) is 0 Å². The van der Waals surface area contributed by atoms with Crippen LogP contribution in [-0.2, 0) is 0 Å². The van der Waals surface area contributed by atoms with Crippen LogP contribution in [0.4, 0.5) is 17.1 Å². The van der Waals surface area contributed by atoms with Gasteiger partial charge in [0.15, 0.2) is 5.75 Å². The Bertz CT molecular complexity index is 1280. The maximum atomic E-state index is 10.4. The van der Waals surface area contributed by atoms with E-state index in [0.717, 1.165) is 22.6 Å². The first kappa shape index (κ1) is 22.1. The predicted octanol–water partition coefficient (Wildman–Crippen LogP) is 7.30. The molecule has 0 unspecified atom stereocenters. The molecule has 0 amide bonds. The number of nitrogens with zero attached hydrogens (tertiary/aromatic N) is 1. The molecule has 0 saturated carbocycles. The number of hydrogen-bond donors (Lipinski definition) is 3. The van der Waals surface area contributed by atoms with E-state index in [-0.39, 0.29) is 17.2 Å². The Hall–Kier alpha value is -4.12. The standard InChI is InChI=1S/C28H27NO4/c1-17-15-16-26(32)20(4)28(17)33-27-14-6-5-9-23(27)29(21-10-7-12-24(30)18(21)2)22-11-8-13-25(31)19(22)3/h5-16,30-32H,1-4H3. The molecule has 0 aliphatic heterocycles. The Kier molecular flexibility index (Phi) is 5.88. The molecular weight excluding hydrogens is 414 g/mol. The van der Waals surface area contributed by atoms with Gasteiger partial charge in [-0.25, -0.2) is 0 Å². The van der Waals surface area contributed by atoms with E-state index in [9.17, 15) is 15.3 Å². The summed E-state index contributed by atoms with van der Waals surface area (Å²) in [5.41, 5.74) is 5.17. The van der Waals surface area contributed by atoms with Gasteiger partial charge in [0.2, 0.25) is 0 Å². The van der Waals surface area contributed by atoms with E-state index in [1.807, 2.05) is 75.1 Å². The van der Waals surface area contributed by atoms with E-state index >= 15 is 0 Å². The maximum Gasteiger partial charge on any atom is 0.151 e. The summed E-state index contributed by atoms with van der Waals surface area (Å²) in [6.45, 7) is 7.45. The Morgan fingerprint density at radius 3 is 1.67 bits per heavy atom. The van der Waals surface area contributed by atoms with Gasteiger partial charge in [-0.2, -0.15) is 0 Å². The zero-order valence-corrected chi connectivity index (χ0v) is 19.1. The van der Waals surface area contributed by atoms with E-state index in [1.165, 1.54) is 0 Å². The van der Waals surface area contributed by atoms with Crippen molar-refractivity contribution in [3.8, 4) is 28.7 Å². The van der Waals surface area contributed by atoms with Crippen LogP contribution in [0.15, 0.2) is 72.8 Å². The highest BCUT2D eigenvalue weighted by molar-refractivity contribution is 5.84. The molecule has 0 bridgehead atoms. The third-order valence-corrected chi connectivity index (χ3v) is 5.93. The van der Waals surface area contributed by atoms with E-state index in [1.54, 1.807) is 30.3 Å². The van der Waals surface area contributed by atoms with Gasteiger partial charge in [-0.15, -0.1) is 0 Å². The molecule has 0 aromatic heterocycles. The fourth-order valence-electron chi connectivity index (χ4n) is 3.91. The molecule has 3 N–H and O–H groups in total. The number of anilines is 3. The quantitative estimate of drug-likeness (QED) is 0.303. The second kappa shape index (κ2) is 8.79. The summed E-state index contributed by atoms with van der Waals surface area (Å²) in [4.78, 5) is 1.97. The van der Waals surface area contributed by atoms with E-state index in [0.29, 0.717) is 28.2 Å². The molecule has 5 nitrogen and oxygen atoms in total. The number of benzene rings is 4. The first-order chi connectivity index (χ1) is 15.8. The number of rotatable bonds is 5. The highest BCUT2D eigenvalue weighted by Crippen LogP contribution is 2.47. The van der Waals surface area contributed by atoms with Crippen molar-refractivity contribution in [2.24, 2.45) is 0 Å². The summed E-state index contributed by atoms with van der Waals surface area (Å²) in [5, 5.41) is 31.1. The van der Waals surface area contributed by atoms with Gasteiger partial charge in [0.1, 0.15) is 23.0 Å². The lowest BCUT2D eigenvalue weighted by molar-refractivity contribution is 0.446. The molecule has 168 valence electrons. The molecule has 0 aliphatic rings. The van der Waals surface area contributed by atoms with Gasteiger partial charge in [0.05, 0.1) is 17.1 Å². The molecule has 0 fully saturated rings. The van der Waals surface area contributed by atoms with Crippen LogP contribution in [0.5, 0.6) is 28.7 Å². The molecular formula is C28H27NO4. The van der Waals surface area contributed by atoms with Crippen molar-refractivity contribution in [3.63, 3.8) is 0 Å². The molecule has 0 radical (unpaired) electrons. The van der Waals surface area contributed by atoms with Crippen molar-refractivity contribution in [1.29, 1.82) is 0 Å². The second-order valence-corrected chi connectivity index (χ2v) is 8.10. The zero-order chi connectivity index (χ0) is 23.7. The number of para-hydroxylation sites is 2. The van der Waals surface area contributed by atoms with Gasteiger partial charge in [-0.3, -0.25) is 0 Å². The van der Waals surface area contributed by atoms with E-state index in [2.05, 4.69) is 0 Å². The molecule has 0 spiro atoms. The van der Waals surface area contributed by atoms with Gasteiger partial charge in [-0.1, -0.05) is 30.3 Å². The smallest absolute Gasteiger partial charge is 0.151 e. The largest absolute Gasteiger partial charge is 0.508 e. The molecule has 0 saturated heterocycles. The molecule has 4 rings (SSSR count). The fourth-order valence-corrected chi connectivity index (χ4v) is 3.91. The molecule has 0 atom stereocenters. The fraction of sp³-hybridized carbons (Fsp3) is 0.143. The number of ether oxygens (including phenoxy) is 1. The van der Waals surface area contributed by atoms with Gasteiger partial charge < -0.3 is 25.0 Å². The van der Waals surface area contributed by atoms with Crippen LogP contribution < -0.4 is 9.64 Å². The zero-order valence-electron chi connectivity index (χ0n) is 19.1. The average molecular weight is 442 g/mol. The lowest BCUT2D eigenvalue weighted by atomic mass is 10.1. The number of aryl methyl sites for hydroxylation is 1. The monoisotopic (exact) mass is 441 g/mol. The van der Waals surface area contributed by atoms with Crippen molar-refractivity contribution in [2.75, 3.05) is 4.90 Å². The van der Waals surface area contributed by atoms with Crippen molar-refractivity contribution >= 4 is 17.1 Å². The number of phenolic OH excluding ortho intramolecular Hbond substituents is 3. The summed E-state index contributed by atoms with van der Waals surface area (Å²) < 4.78 is 6.39. The molecule has 4 aromatic rings. The minimum absolute atomic E-state index is 0.164. The van der Waals surface area contributed by atoms with Crippen molar-refractivity contribution in [2.45, 2.75) is 27.7 Å². The Balaban J connectivity index is 1.96. The minimum atomic E-state index is 0.164.